The fourth-order valence-electron chi connectivity index (χ4n) is 4.58. The van der Waals surface area contributed by atoms with Crippen molar-refractivity contribution in [2.45, 2.75) is 24.2 Å². The molecule has 0 bridgehead atoms. The van der Waals surface area contributed by atoms with E-state index >= 15 is 0 Å². The molecule has 0 radical (unpaired) electrons. The third kappa shape index (κ3) is 3.47. The monoisotopic (exact) mass is 460 g/mol. The summed E-state index contributed by atoms with van der Waals surface area (Å²) in [5.41, 5.74) is 3.91. The highest BCUT2D eigenvalue weighted by atomic mass is 19.1. The first-order valence-corrected chi connectivity index (χ1v) is 10.8. The van der Waals surface area contributed by atoms with E-state index in [0.29, 0.717) is 22.5 Å². The molecule has 170 valence electrons. The third-order valence-corrected chi connectivity index (χ3v) is 6.38. The van der Waals surface area contributed by atoms with Crippen molar-refractivity contribution in [1.29, 1.82) is 0 Å². The Balaban J connectivity index is 1.33. The van der Waals surface area contributed by atoms with E-state index in [9.17, 15) is 18.4 Å². The van der Waals surface area contributed by atoms with Crippen molar-refractivity contribution in [1.82, 2.24) is 30.2 Å². The van der Waals surface area contributed by atoms with Gasteiger partial charge in [0.15, 0.2) is 5.65 Å². The number of carbonyl (C=O) groups is 2. The van der Waals surface area contributed by atoms with E-state index in [2.05, 4.69) is 25.7 Å². The minimum absolute atomic E-state index is 0.0825. The van der Waals surface area contributed by atoms with E-state index in [1.807, 2.05) is 12.1 Å². The van der Waals surface area contributed by atoms with E-state index in [0.717, 1.165) is 23.7 Å². The summed E-state index contributed by atoms with van der Waals surface area (Å²) >= 11 is 0. The summed E-state index contributed by atoms with van der Waals surface area (Å²) in [6, 6.07) is 8.41. The highest BCUT2D eigenvalue weighted by molar-refractivity contribution is 6.00. The number of fused-ring (bicyclic) bond motifs is 1. The molecule has 10 heteroatoms. The molecule has 1 aliphatic carbocycles. The lowest BCUT2D eigenvalue weighted by Gasteiger charge is -2.22. The van der Waals surface area contributed by atoms with E-state index in [1.165, 1.54) is 12.1 Å². The van der Waals surface area contributed by atoms with Crippen LogP contribution in [0.25, 0.3) is 16.8 Å². The van der Waals surface area contributed by atoms with Gasteiger partial charge < -0.3 is 5.32 Å². The number of amides is 3. The lowest BCUT2D eigenvalue weighted by Crippen LogP contribution is -2.51. The van der Waals surface area contributed by atoms with Crippen LogP contribution < -0.4 is 10.6 Å². The second-order valence-corrected chi connectivity index (χ2v) is 8.51. The van der Waals surface area contributed by atoms with Gasteiger partial charge in [-0.05, 0) is 48.2 Å². The summed E-state index contributed by atoms with van der Waals surface area (Å²) in [5.74, 6) is -2.08. The minimum Gasteiger partial charge on any atom is -0.337 e. The van der Waals surface area contributed by atoms with Crippen LogP contribution in [-0.2, 0) is 4.79 Å². The second kappa shape index (κ2) is 7.68. The van der Waals surface area contributed by atoms with Gasteiger partial charge in [0.2, 0.25) is 5.91 Å². The highest BCUT2D eigenvalue weighted by Gasteiger charge is 2.43. The standard InChI is InChI=1S/C24H18F2N6O2/c25-13-1-2-14(19(26)8-13)12-3-4-27-20(7-12)16-9-15(16)17-10-21(31-32-6-5-28-22(17)32)18-11-29-24(34)30-23(18)33/h1-8,10,15-16,18H,9,11H2,(H2,29,30,33,34)/t15-,16-,18?/m0/s1. The quantitative estimate of drug-likeness (QED) is 0.487. The molecule has 2 fully saturated rings. The van der Waals surface area contributed by atoms with Gasteiger partial charge in [-0.3, -0.25) is 15.1 Å². The molecule has 3 aromatic heterocycles. The fraction of sp³-hybridized carbons (Fsp3) is 0.208. The van der Waals surface area contributed by atoms with Gasteiger partial charge in [-0.25, -0.2) is 23.1 Å². The normalized spacial score (nSPS) is 21.9. The van der Waals surface area contributed by atoms with Crippen molar-refractivity contribution in [2.75, 3.05) is 6.54 Å². The zero-order valence-electron chi connectivity index (χ0n) is 17.7. The summed E-state index contributed by atoms with van der Waals surface area (Å²) < 4.78 is 29.3. The van der Waals surface area contributed by atoms with Crippen molar-refractivity contribution >= 4 is 17.6 Å². The van der Waals surface area contributed by atoms with Gasteiger partial charge in [-0.1, -0.05) is 0 Å². The summed E-state index contributed by atoms with van der Waals surface area (Å²) in [7, 11) is 0. The Morgan fingerprint density at radius 2 is 1.85 bits per heavy atom. The Labute approximate surface area is 192 Å². The molecule has 1 saturated carbocycles. The largest absolute Gasteiger partial charge is 0.337 e. The van der Waals surface area contributed by atoms with Gasteiger partial charge in [0.1, 0.15) is 11.6 Å². The van der Waals surface area contributed by atoms with E-state index < -0.39 is 29.5 Å². The number of nitrogens with zero attached hydrogens (tertiary/aromatic N) is 4. The topological polar surface area (TPSA) is 101 Å². The molecule has 1 aliphatic heterocycles. The number of hydrogen-bond acceptors (Lipinski definition) is 5. The van der Waals surface area contributed by atoms with Gasteiger partial charge in [0.05, 0.1) is 11.6 Å². The maximum absolute atomic E-state index is 14.3. The molecule has 1 saturated heterocycles. The number of urea groups is 1. The van der Waals surface area contributed by atoms with Crippen molar-refractivity contribution in [3.8, 4) is 11.1 Å². The van der Waals surface area contributed by atoms with Crippen LogP contribution in [0, 0.1) is 11.6 Å². The molecule has 8 nitrogen and oxygen atoms in total. The Morgan fingerprint density at radius 1 is 0.971 bits per heavy atom. The van der Waals surface area contributed by atoms with Gasteiger partial charge >= 0.3 is 6.03 Å². The van der Waals surface area contributed by atoms with Crippen molar-refractivity contribution in [2.24, 2.45) is 0 Å². The number of benzene rings is 1. The number of imidazole rings is 1. The lowest BCUT2D eigenvalue weighted by molar-refractivity contribution is -0.122. The molecule has 1 aromatic carbocycles. The molecule has 4 heterocycles. The molecule has 4 aromatic rings. The van der Waals surface area contributed by atoms with Crippen LogP contribution in [0.4, 0.5) is 13.6 Å². The molecular weight excluding hydrogens is 442 g/mol. The van der Waals surface area contributed by atoms with Crippen LogP contribution in [0.1, 0.15) is 41.1 Å². The number of imide groups is 1. The number of aromatic nitrogens is 4. The van der Waals surface area contributed by atoms with Crippen LogP contribution in [0.3, 0.4) is 0 Å². The van der Waals surface area contributed by atoms with Gasteiger partial charge in [0, 0.05) is 53.9 Å². The predicted octanol–water partition coefficient (Wildman–Crippen LogP) is 3.26. The maximum atomic E-state index is 14.3. The van der Waals surface area contributed by atoms with E-state index in [-0.39, 0.29) is 18.4 Å². The predicted molar refractivity (Wildman–Crippen MR) is 117 cm³/mol. The first-order chi connectivity index (χ1) is 16.5. The summed E-state index contributed by atoms with van der Waals surface area (Å²) in [5, 5.41) is 9.44. The first-order valence-electron chi connectivity index (χ1n) is 10.8. The number of halogens is 2. The number of hydrogen-bond donors (Lipinski definition) is 2. The summed E-state index contributed by atoms with van der Waals surface area (Å²) in [4.78, 5) is 32.8. The fourth-order valence-corrected chi connectivity index (χ4v) is 4.58. The molecule has 0 spiro atoms. The molecule has 2 aliphatic rings. The smallest absolute Gasteiger partial charge is 0.321 e. The van der Waals surface area contributed by atoms with Crippen LogP contribution in [-0.4, -0.2) is 38.1 Å². The second-order valence-electron chi connectivity index (χ2n) is 8.51. The first kappa shape index (κ1) is 20.4. The third-order valence-electron chi connectivity index (χ3n) is 6.38. The van der Waals surface area contributed by atoms with Crippen LogP contribution in [0.5, 0.6) is 0 Å². The molecular formula is C24H18F2N6O2. The van der Waals surface area contributed by atoms with Gasteiger partial charge in [0.25, 0.3) is 0 Å². The van der Waals surface area contributed by atoms with Gasteiger partial charge in [-0.2, -0.15) is 5.10 Å². The van der Waals surface area contributed by atoms with E-state index in [1.54, 1.807) is 29.2 Å². The molecule has 1 unspecified atom stereocenters. The SMILES string of the molecule is O=C1NCC(c2cc([C@H]3C[C@@H]3c3cc(-c4ccc(F)cc4F)ccn3)c3nccn3n2)C(=O)N1. The van der Waals surface area contributed by atoms with Crippen LogP contribution >= 0.6 is 0 Å². The Hall–Kier alpha value is -4.21. The van der Waals surface area contributed by atoms with Crippen LogP contribution in [0.15, 0.2) is 55.0 Å². The number of carbonyl (C=O) groups excluding carboxylic acids is 2. The maximum Gasteiger partial charge on any atom is 0.321 e. The molecule has 3 amide bonds. The van der Waals surface area contributed by atoms with Gasteiger partial charge in [-0.15, -0.1) is 0 Å². The molecule has 2 N–H and O–H groups in total. The number of pyridine rings is 1. The summed E-state index contributed by atoms with van der Waals surface area (Å²) in [6.07, 6.45) is 5.80. The average molecular weight is 460 g/mol. The summed E-state index contributed by atoms with van der Waals surface area (Å²) in [6.45, 7) is 0.165. The minimum atomic E-state index is -0.625. The zero-order chi connectivity index (χ0) is 23.4. The molecule has 34 heavy (non-hydrogen) atoms. The number of rotatable bonds is 4. The average Bonchev–Trinajstić information content (AvgIpc) is 3.47. The lowest BCUT2D eigenvalue weighted by atomic mass is 9.99. The number of nitrogens with one attached hydrogen (secondary N) is 2. The van der Waals surface area contributed by atoms with Crippen molar-refractivity contribution in [3.05, 3.63) is 83.6 Å². The van der Waals surface area contributed by atoms with Crippen LogP contribution in [0.2, 0.25) is 0 Å². The molecule has 6 rings (SSSR count). The zero-order valence-corrected chi connectivity index (χ0v) is 17.7. The molecule has 3 atom stereocenters. The Morgan fingerprint density at radius 3 is 2.68 bits per heavy atom. The Kier molecular flexibility index (Phi) is 4.61. The highest BCUT2D eigenvalue weighted by Crippen LogP contribution is 2.55. The Bertz CT molecular complexity index is 1470. The van der Waals surface area contributed by atoms with Crippen molar-refractivity contribution in [3.63, 3.8) is 0 Å². The van der Waals surface area contributed by atoms with Crippen molar-refractivity contribution < 1.29 is 18.4 Å². The van der Waals surface area contributed by atoms with E-state index in [4.69, 9.17) is 0 Å².